The molecule has 0 bridgehead atoms. The lowest BCUT2D eigenvalue weighted by atomic mass is 9.98. The van der Waals surface area contributed by atoms with E-state index in [0.717, 1.165) is 0 Å². The molecule has 0 spiro atoms. The molecule has 0 aliphatic carbocycles. The van der Waals surface area contributed by atoms with Crippen LogP contribution < -0.4 is 4.74 Å². The summed E-state index contributed by atoms with van der Waals surface area (Å²) in [4.78, 5) is 21.4. The molecule has 0 saturated carbocycles. The second kappa shape index (κ2) is 4.76. The lowest BCUT2D eigenvalue weighted by Crippen LogP contribution is -2.13. The van der Waals surface area contributed by atoms with Crippen LogP contribution in [0.15, 0.2) is 12.1 Å². The summed E-state index contributed by atoms with van der Waals surface area (Å²) in [7, 11) is 1.40. The molecule has 1 unspecified atom stereocenters. The fraction of sp³-hybridized carbons (Fsp3) is 0.273. The van der Waals surface area contributed by atoms with Gasteiger partial charge in [0.1, 0.15) is 12.0 Å². The predicted molar refractivity (Wildman–Crippen MR) is 55.7 cm³/mol. The highest BCUT2D eigenvalue weighted by molar-refractivity contribution is 5.81. The van der Waals surface area contributed by atoms with Gasteiger partial charge in [-0.25, -0.2) is 4.79 Å². The zero-order chi connectivity index (χ0) is 12.3. The van der Waals surface area contributed by atoms with E-state index in [2.05, 4.69) is 0 Å². The second-order valence-electron chi connectivity index (χ2n) is 3.29. The first-order chi connectivity index (χ1) is 7.51. The van der Waals surface area contributed by atoms with Crippen molar-refractivity contribution in [2.75, 3.05) is 7.11 Å². The van der Waals surface area contributed by atoms with Crippen LogP contribution in [0.25, 0.3) is 0 Å². The van der Waals surface area contributed by atoms with Crippen LogP contribution in [0.4, 0.5) is 0 Å². The first-order valence-electron chi connectivity index (χ1n) is 4.55. The van der Waals surface area contributed by atoms with Crippen LogP contribution in [0, 0.1) is 6.92 Å². The summed E-state index contributed by atoms with van der Waals surface area (Å²) < 4.78 is 4.92. The quantitative estimate of drug-likeness (QED) is 0.743. The van der Waals surface area contributed by atoms with Gasteiger partial charge >= 0.3 is 5.97 Å². The molecule has 16 heavy (non-hydrogen) atoms. The van der Waals surface area contributed by atoms with Crippen LogP contribution in [-0.2, 0) is 4.79 Å². The van der Waals surface area contributed by atoms with Crippen LogP contribution in [-0.4, -0.2) is 29.6 Å². The summed E-state index contributed by atoms with van der Waals surface area (Å²) in [5.41, 5.74) is 0.898. The molecule has 0 aliphatic rings. The minimum absolute atomic E-state index is 0.161. The zero-order valence-electron chi connectivity index (χ0n) is 8.93. The SMILES string of the molecule is COc1cc(C=O)c(C)c(C(O)C(=O)O)c1. The number of carboxylic acids is 1. The minimum Gasteiger partial charge on any atom is -0.497 e. The van der Waals surface area contributed by atoms with E-state index >= 15 is 0 Å². The van der Waals surface area contributed by atoms with Crippen molar-refractivity contribution in [2.45, 2.75) is 13.0 Å². The van der Waals surface area contributed by atoms with Crippen LogP contribution in [0.5, 0.6) is 5.75 Å². The summed E-state index contributed by atoms with van der Waals surface area (Å²) in [6.07, 6.45) is -1.07. The lowest BCUT2D eigenvalue weighted by Gasteiger charge is -2.13. The molecule has 0 amide bonds. The average Bonchev–Trinajstić information content (AvgIpc) is 2.28. The fourth-order valence-electron chi connectivity index (χ4n) is 1.39. The third-order valence-corrected chi connectivity index (χ3v) is 2.35. The van der Waals surface area contributed by atoms with E-state index in [0.29, 0.717) is 23.2 Å². The first kappa shape index (κ1) is 12.2. The third kappa shape index (κ3) is 2.20. The number of ether oxygens (including phenoxy) is 1. The molecule has 1 atom stereocenters. The van der Waals surface area contributed by atoms with Crippen molar-refractivity contribution in [3.05, 3.63) is 28.8 Å². The number of aliphatic carboxylic acids is 1. The van der Waals surface area contributed by atoms with Crippen LogP contribution >= 0.6 is 0 Å². The second-order valence-corrected chi connectivity index (χ2v) is 3.29. The summed E-state index contributed by atoms with van der Waals surface area (Å²) in [6.45, 7) is 1.57. The molecule has 0 aliphatic heterocycles. The van der Waals surface area contributed by atoms with Gasteiger partial charge in [-0.05, 0) is 30.2 Å². The van der Waals surface area contributed by atoms with Crippen molar-refractivity contribution in [1.82, 2.24) is 0 Å². The van der Waals surface area contributed by atoms with E-state index in [4.69, 9.17) is 9.84 Å². The summed E-state index contributed by atoms with van der Waals surface area (Å²) in [5.74, 6) is -1.03. The highest BCUT2D eigenvalue weighted by Crippen LogP contribution is 2.26. The van der Waals surface area contributed by atoms with Crippen molar-refractivity contribution >= 4 is 12.3 Å². The molecule has 0 heterocycles. The Morgan fingerprint density at radius 1 is 1.50 bits per heavy atom. The standard InChI is InChI=1S/C11H12O5/c1-6-7(5-12)3-8(16-2)4-9(6)10(13)11(14)15/h3-5,10,13H,1-2H3,(H,14,15). The molecule has 0 radical (unpaired) electrons. The Hall–Kier alpha value is -1.88. The maximum absolute atomic E-state index is 10.8. The number of carbonyl (C=O) groups excluding carboxylic acids is 1. The Morgan fingerprint density at radius 2 is 2.12 bits per heavy atom. The smallest absolute Gasteiger partial charge is 0.337 e. The highest BCUT2D eigenvalue weighted by Gasteiger charge is 2.20. The number of hydrogen-bond donors (Lipinski definition) is 2. The van der Waals surface area contributed by atoms with Gasteiger partial charge in [-0.3, -0.25) is 4.79 Å². The zero-order valence-corrected chi connectivity index (χ0v) is 8.93. The Kier molecular flexibility index (Phi) is 3.63. The Balaban J connectivity index is 3.36. The van der Waals surface area contributed by atoms with Crippen molar-refractivity contribution < 1.29 is 24.5 Å². The molecule has 86 valence electrons. The van der Waals surface area contributed by atoms with E-state index in [1.54, 1.807) is 6.92 Å². The molecular weight excluding hydrogens is 212 g/mol. The average molecular weight is 224 g/mol. The molecule has 0 fully saturated rings. The van der Waals surface area contributed by atoms with Gasteiger partial charge in [0.2, 0.25) is 0 Å². The molecule has 5 heteroatoms. The molecule has 1 aromatic rings. The lowest BCUT2D eigenvalue weighted by molar-refractivity contribution is -0.147. The van der Waals surface area contributed by atoms with Gasteiger partial charge in [0.05, 0.1) is 7.11 Å². The monoisotopic (exact) mass is 224 g/mol. The van der Waals surface area contributed by atoms with Gasteiger partial charge < -0.3 is 14.9 Å². The number of benzene rings is 1. The molecular formula is C11H12O5. The molecule has 5 nitrogen and oxygen atoms in total. The number of carbonyl (C=O) groups is 2. The van der Waals surface area contributed by atoms with Crippen LogP contribution in [0.3, 0.4) is 0 Å². The Bertz CT molecular complexity index is 425. The molecule has 0 saturated heterocycles. The number of methoxy groups -OCH3 is 1. The highest BCUT2D eigenvalue weighted by atomic mass is 16.5. The predicted octanol–water partition coefficient (Wildman–Crippen LogP) is 0.934. The van der Waals surface area contributed by atoms with Crippen molar-refractivity contribution in [3.63, 3.8) is 0 Å². The molecule has 2 N–H and O–H groups in total. The van der Waals surface area contributed by atoms with Crippen LogP contribution in [0.1, 0.15) is 27.6 Å². The maximum Gasteiger partial charge on any atom is 0.337 e. The number of rotatable bonds is 4. The van der Waals surface area contributed by atoms with E-state index < -0.39 is 12.1 Å². The Labute approximate surface area is 92.3 Å². The van der Waals surface area contributed by atoms with Crippen LogP contribution in [0.2, 0.25) is 0 Å². The largest absolute Gasteiger partial charge is 0.497 e. The summed E-state index contributed by atoms with van der Waals surface area (Å²) >= 11 is 0. The van der Waals surface area contributed by atoms with Gasteiger partial charge in [0.25, 0.3) is 0 Å². The van der Waals surface area contributed by atoms with E-state index in [1.807, 2.05) is 0 Å². The van der Waals surface area contributed by atoms with Gasteiger partial charge in [-0.15, -0.1) is 0 Å². The summed E-state index contributed by atoms with van der Waals surface area (Å²) in [6, 6.07) is 2.89. The minimum atomic E-state index is -1.66. The summed E-state index contributed by atoms with van der Waals surface area (Å²) in [5, 5.41) is 18.2. The first-order valence-corrected chi connectivity index (χ1v) is 4.55. The van der Waals surface area contributed by atoms with E-state index in [1.165, 1.54) is 19.2 Å². The van der Waals surface area contributed by atoms with Gasteiger partial charge in [-0.2, -0.15) is 0 Å². The van der Waals surface area contributed by atoms with Gasteiger partial charge in [0.15, 0.2) is 6.10 Å². The van der Waals surface area contributed by atoms with E-state index in [9.17, 15) is 14.7 Å². The third-order valence-electron chi connectivity index (χ3n) is 2.35. The molecule has 1 rings (SSSR count). The normalized spacial score (nSPS) is 11.9. The molecule has 0 aromatic heterocycles. The Morgan fingerprint density at radius 3 is 2.56 bits per heavy atom. The number of aldehydes is 1. The van der Waals surface area contributed by atoms with Gasteiger partial charge in [0, 0.05) is 5.56 Å². The number of aliphatic hydroxyl groups excluding tert-OH is 1. The number of carboxylic acid groups (broad SMARTS) is 1. The van der Waals surface area contributed by atoms with Crippen molar-refractivity contribution in [3.8, 4) is 5.75 Å². The topological polar surface area (TPSA) is 83.8 Å². The number of aliphatic hydroxyl groups is 1. The van der Waals surface area contributed by atoms with E-state index in [-0.39, 0.29) is 5.56 Å². The van der Waals surface area contributed by atoms with Crippen molar-refractivity contribution in [1.29, 1.82) is 0 Å². The fourth-order valence-corrected chi connectivity index (χ4v) is 1.39. The van der Waals surface area contributed by atoms with Crippen molar-refractivity contribution in [2.24, 2.45) is 0 Å². The maximum atomic E-state index is 10.8. The number of hydrogen-bond acceptors (Lipinski definition) is 4. The molecule has 1 aromatic carbocycles. The van der Waals surface area contributed by atoms with Gasteiger partial charge in [-0.1, -0.05) is 0 Å².